The number of nitrogens with two attached hydrogens (primary N) is 1. The van der Waals surface area contributed by atoms with Gasteiger partial charge in [-0.15, -0.1) is 0 Å². The fourth-order valence-corrected chi connectivity index (χ4v) is 3.22. The molecule has 2 N–H and O–H groups in total. The van der Waals surface area contributed by atoms with Crippen LogP contribution >= 0.6 is 0 Å². The maximum atomic E-state index is 12.9. The van der Waals surface area contributed by atoms with Crippen molar-refractivity contribution in [2.75, 3.05) is 19.6 Å². The Labute approximate surface area is 127 Å². The Balaban J connectivity index is 1.76. The Morgan fingerprint density at radius 3 is 2.95 bits per heavy atom. The van der Waals surface area contributed by atoms with E-state index in [4.69, 9.17) is 5.73 Å². The Hall–Kier alpha value is -1.00. The lowest BCUT2D eigenvalue weighted by Gasteiger charge is -2.22. The van der Waals surface area contributed by atoms with E-state index in [0.717, 1.165) is 24.6 Å². The lowest BCUT2D eigenvalue weighted by atomic mass is 9.96. The number of aromatic nitrogens is 1. The molecule has 2 heterocycles. The maximum absolute atomic E-state index is 12.9. The van der Waals surface area contributed by atoms with Crippen molar-refractivity contribution in [3.05, 3.63) is 29.8 Å². The summed E-state index contributed by atoms with van der Waals surface area (Å²) in [6.07, 6.45) is 8.79. The van der Waals surface area contributed by atoms with Gasteiger partial charge in [-0.3, -0.25) is 4.98 Å². The van der Waals surface area contributed by atoms with Gasteiger partial charge in [0.25, 0.3) is 0 Å². The summed E-state index contributed by atoms with van der Waals surface area (Å²) in [5.41, 5.74) is 6.95. The van der Waals surface area contributed by atoms with Gasteiger partial charge in [0.2, 0.25) is 0 Å². The number of pyridine rings is 1. The van der Waals surface area contributed by atoms with E-state index >= 15 is 0 Å². The molecule has 21 heavy (non-hydrogen) atoms. The number of rotatable bonds is 6. The Morgan fingerprint density at radius 1 is 1.38 bits per heavy atom. The molecule has 1 aliphatic rings. The number of hydrogen-bond donors (Lipinski definition) is 1. The molecule has 3 nitrogen and oxygen atoms in total. The predicted octanol–water partition coefficient (Wildman–Crippen LogP) is 3.51. The van der Waals surface area contributed by atoms with Crippen LogP contribution in [0.3, 0.4) is 0 Å². The lowest BCUT2D eigenvalue weighted by Crippen LogP contribution is -2.28. The molecule has 1 aromatic heterocycles. The third kappa shape index (κ3) is 5.36. The first kappa shape index (κ1) is 16.4. The molecule has 0 aromatic carbocycles. The summed E-state index contributed by atoms with van der Waals surface area (Å²) in [6, 6.07) is 3.03. The van der Waals surface area contributed by atoms with E-state index in [0.29, 0.717) is 0 Å². The minimum absolute atomic E-state index is 0.0970. The van der Waals surface area contributed by atoms with E-state index in [1.54, 1.807) is 6.07 Å². The molecule has 118 valence electrons. The molecule has 4 heteroatoms. The summed E-state index contributed by atoms with van der Waals surface area (Å²) >= 11 is 0. The first-order valence-electron chi connectivity index (χ1n) is 8.28. The summed E-state index contributed by atoms with van der Waals surface area (Å²) in [5, 5.41) is 0. The van der Waals surface area contributed by atoms with Crippen LogP contribution in [0.2, 0.25) is 0 Å². The molecule has 0 spiro atoms. The first-order valence-corrected chi connectivity index (χ1v) is 8.28. The van der Waals surface area contributed by atoms with Crippen LogP contribution in [0.5, 0.6) is 0 Å². The van der Waals surface area contributed by atoms with E-state index in [1.165, 1.54) is 57.5 Å². The second kappa shape index (κ2) is 8.44. The van der Waals surface area contributed by atoms with Crippen molar-refractivity contribution >= 4 is 0 Å². The van der Waals surface area contributed by atoms with Crippen molar-refractivity contribution in [3.8, 4) is 0 Å². The van der Waals surface area contributed by atoms with Gasteiger partial charge in [0.15, 0.2) is 0 Å². The second-order valence-corrected chi connectivity index (χ2v) is 6.22. The average molecular weight is 293 g/mol. The number of nitrogens with zero attached hydrogens (tertiary/aromatic N) is 2. The van der Waals surface area contributed by atoms with Crippen molar-refractivity contribution in [2.45, 2.75) is 51.5 Å². The molecule has 0 amide bonds. The smallest absolute Gasteiger partial charge is 0.141 e. The molecule has 1 saturated heterocycles. The Morgan fingerprint density at radius 2 is 2.24 bits per heavy atom. The molecule has 0 radical (unpaired) electrons. The van der Waals surface area contributed by atoms with Gasteiger partial charge in [-0.1, -0.05) is 19.8 Å². The lowest BCUT2D eigenvalue weighted by molar-refractivity contribution is 0.268. The normalized spacial score (nSPS) is 22.0. The zero-order valence-electron chi connectivity index (χ0n) is 13.1. The van der Waals surface area contributed by atoms with Crippen LogP contribution in [0.25, 0.3) is 0 Å². The van der Waals surface area contributed by atoms with E-state index in [-0.39, 0.29) is 11.9 Å². The molecule has 1 aromatic rings. The summed E-state index contributed by atoms with van der Waals surface area (Å²) < 4.78 is 12.9. The van der Waals surface area contributed by atoms with Gasteiger partial charge in [-0.25, -0.2) is 4.39 Å². The van der Waals surface area contributed by atoms with Crippen LogP contribution in [0.15, 0.2) is 18.3 Å². The third-order valence-electron chi connectivity index (χ3n) is 4.52. The molecule has 2 atom stereocenters. The molecule has 2 rings (SSSR count). The molecule has 2 unspecified atom stereocenters. The van der Waals surface area contributed by atoms with Crippen LogP contribution in [0.4, 0.5) is 4.39 Å². The molecule has 1 aliphatic heterocycles. The van der Waals surface area contributed by atoms with Gasteiger partial charge >= 0.3 is 0 Å². The standard InChI is InChI=1S/C17H28FN3/c1-2-4-14-5-3-10-21(11-8-14)12-9-16(19)17-7-6-15(18)13-20-17/h6-7,13-14,16H,2-5,8-12,19H2,1H3. The van der Waals surface area contributed by atoms with Crippen molar-refractivity contribution in [2.24, 2.45) is 11.7 Å². The largest absolute Gasteiger partial charge is 0.323 e. The van der Waals surface area contributed by atoms with Gasteiger partial charge in [-0.2, -0.15) is 0 Å². The van der Waals surface area contributed by atoms with Crippen molar-refractivity contribution < 1.29 is 4.39 Å². The van der Waals surface area contributed by atoms with E-state index in [1.807, 2.05) is 0 Å². The van der Waals surface area contributed by atoms with E-state index in [9.17, 15) is 4.39 Å². The van der Waals surface area contributed by atoms with Crippen LogP contribution in [0.1, 0.15) is 57.2 Å². The van der Waals surface area contributed by atoms with Crippen molar-refractivity contribution in [3.63, 3.8) is 0 Å². The molecule has 0 bridgehead atoms. The van der Waals surface area contributed by atoms with Gasteiger partial charge < -0.3 is 10.6 Å². The van der Waals surface area contributed by atoms with Crippen LogP contribution in [-0.2, 0) is 0 Å². The van der Waals surface area contributed by atoms with E-state index in [2.05, 4.69) is 16.8 Å². The third-order valence-corrected chi connectivity index (χ3v) is 4.52. The minimum atomic E-state index is -0.305. The molecular formula is C17H28FN3. The maximum Gasteiger partial charge on any atom is 0.141 e. The highest BCUT2D eigenvalue weighted by atomic mass is 19.1. The monoisotopic (exact) mass is 293 g/mol. The van der Waals surface area contributed by atoms with Crippen molar-refractivity contribution in [1.82, 2.24) is 9.88 Å². The quantitative estimate of drug-likeness (QED) is 0.872. The number of halogens is 1. The van der Waals surface area contributed by atoms with Gasteiger partial charge in [0, 0.05) is 6.04 Å². The van der Waals surface area contributed by atoms with Crippen molar-refractivity contribution in [1.29, 1.82) is 0 Å². The number of hydrogen-bond acceptors (Lipinski definition) is 3. The summed E-state index contributed by atoms with van der Waals surface area (Å²) in [4.78, 5) is 6.61. The fourth-order valence-electron chi connectivity index (χ4n) is 3.22. The average Bonchev–Trinajstić information content (AvgIpc) is 2.71. The Bertz CT molecular complexity index is 407. The fraction of sp³-hybridized carbons (Fsp3) is 0.706. The van der Waals surface area contributed by atoms with Crippen LogP contribution < -0.4 is 5.73 Å². The SMILES string of the molecule is CCCC1CCCN(CCC(N)c2ccc(F)cn2)CC1. The minimum Gasteiger partial charge on any atom is -0.323 e. The first-order chi connectivity index (χ1) is 10.2. The molecule has 0 saturated carbocycles. The van der Waals surface area contributed by atoms with Gasteiger partial charge in [0.05, 0.1) is 11.9 Å². The summed E-state index contributed by atoms with van der Waals surface area (Å²) in [7, 11) is 0. The Kier molecular flexibility index (Phi) is 6.58. The topological polar surface area (TPSA) is 42.1 Å². The number of likely N-dealkylation sites (tertiary alicyclic amines) is 1. The van der Waals surface area contributed by atoms with Gasteiger partial charge in [-0.05, 0) is 63.4 Å². The highest BCUT2D eigenvalue weighted by Gasteiger charge is 2.17. The van der Waals surface area contributed by atoms with Crippen LogP contribution in [-0.4, -0.2) is 29.5 Å². The highest BCUT2D eigenvalue weighted by molar-refractivity contribution is 5.09. The van der Waals surface area contributed by atoms with Crippen LogP contribution in [0, 0.1) is 11.7 Å². The molecule has 0 aliphatic carbocycles. The zero-order chi connectivity index (χ0) is 15.1. The predicted molar refractivity (Wildman–Crippen MR) is 84.4 cm³/mol. The summed E-state index contributed by atoms with van der Waals surface area (Å²) in [6.45, 7) is 5.66. The van der Waals surface area contributed by atoms with Gasteiger partial charge in [0.1, 0.15) is 5.82 Å². The molecule has 1 fully saturated rings. The second-order valence-electron chi connectivity index (χ2n) is 6.22. The zero-order valence-corrected chi connectivity index (χ0v) is 13.1. The highest BCUT2D eigenvalue weighted by Crippen LogP contribution is 2.22. The van der Waals surface area contributed by atoms with E-state index < -0.39 is 0 Å². The molecular weight excluding hydrogens is 265 g/mol. The summed E-state index contributed by atoms with van der Waals surface area (Å²) in [5.74, 6) is 0.605.